The molecule has 1 aromatic rings. The van der Waals surface area contributed by atoms with Gasteiger partial charge in [0.05, 0.1) is 10.7 Å². The van der Waals surface area contributed by atoms with Gasteiger partial charge in [-0.25, -0.2) is 0 Å². The average molecular weight is 299 g/mol. The molecular formula is C15H20Cl2N2. The lowest BCUT2D eigenvalue weighted by Gasteiger charge is -2.47. The van der Waals surface area contributed by atoms with E-state index in [-0.39, 0.29) is 0 Å². The Morgan fingerprint density at radius 3 is 2.63 bits per heavy atom. The van der Waals surface area contributed by atoms with Crippen molar-refractivity contribution in [3.8, 4) is 0 Å². The van der Waals surface area contributed by atoms with Crippen LogP contribution in [0.3, 0.4) is 0 Å². The molecule has 1 saturated carbocycles. The summed E-state index contributed by atoms with van der Waals surface area (Å²) in [6, 6.07) is 5.82. The second-order valence-corrected chi connectivity index (χ2v) is 6.63. The van der Waals surface area contributed by atoms with Crippen LogP contribution in [0.5, 0.6) is 0 Å². The monoisotopic (exact) mass is 298 g/mol. The van der Waals surface area contributed by atoms with Crippen molar-refractivity contribution in [3.63, 3.8) is 0 Å². The van der Waals surface area contributed by atoms with Crippen LogP contribution in [0, 0.1) is 0 Å². The molecule has 1 aliphatic heterocycles. The molecule has 1 saturated heterocycles. The molecule has 0 bridgehead atoms. The molecule has 2 fully saturated rings. The fourth-order valence-corrected chi connectivity index (χ4v) is 3.99. The second-order valence-electron chi connectivity index (χ2n) is 5.79. The lowest BCUT2D eigenvalue weighted by Crippen LogP contribution is -2.61. The minimum Gasteiger partial charge on any atom is -0.367 e. The number of nitrogens with one attached hydrogen (secondary N) is 1. The standard InChI is InChI=1S/C15H20Cl2N2/c16-12-4-5-14(13(17)10-12)19-9-8-18-15(11-19)6-2-1-3-7-15/h4-5,10,18H,1-3,6-9,11H2. The maximum atomic E-state index is 6.34. The Bertz CT molecular complexity index is 450. The van der Waals surface area contributed by atoms with Crippen LogP contribution >= 0.6 is 23.2 Å². The Kier molecular flexibility index (Phi) is 3.93. The molecule has 2 aliphatic rings. The lowest BCUT2D eigenvalue weighted by atomic mass is 9.80. The van der Waals surface area contributed by atoms with Gasteiger partial charge in [-0.2, -0.15) is 0 Å². The van der Waals surface area contributed by atoms with Crippen LogP contribution in [-0.2, 0) is 0 Å². The van der Waals surface area contributed by atoms with Crippen LogP contribution in [0.2, 0.25) is 10.0 Å². The van der Waals surface area contributed by atoms with Gasteiger partial charge in [0.1, 0.15) is 0 Å². The zero-order valence-corrected chi connectivity index (χ0v) is 12.6. The predicted octanol–water partition coefficient (Wildman–Crippen LogP) is 4.11. The fraction of sp³-hybridized carbons (Fsp3) is 0.600. The quantitative estimate of drug-likeness (QED) is 0.839. The van der Waals surface area contributed by atoms with Crippen molar-refractivity contribution < 1.29 is 0 Å². The number of halogens is 2. The van der Waals surface area contributed by atoms with E-state index in [1.54, 1.807) is 0 Å². The molecule has 0 radical (unpaired) electrons. The molecule has 1 aromatic carbocycles. The molecule has 1 aliphatic carbocycles. The summed E-state index contributed by atoms with van der Waals surface area (Å²) < 4.78 is 0. The zero-order valence-electron chi connectivity index (χ0n) is 11.1. The van der Waals surface area contributed by atoms with Gasteiger partial charge < -0.3 is 10.2 Å². The van der Waals surface area contributed by atoms with Gasteiger partial charge in [0, 0.05) is 30.2 Å². The molecule has 0 amide bonds. The van der Waals surface area contributed by atoms with Crippen LogP contribution in [0.15, 0.2) is 18.2 Å². The van der Waals surface area contributed by atoms with Crippen molar-refractivity contribution in [2.45, 2.75) is 37.6 Å². The van der Waals surface area contributed by atoms with E-state index in [0.29, 0.717) is 10.6 Å². The highest BCUT2D eigenvalue weighted by molar-refractivity contribution is 6.36. The normalized spacial score (nSPS) is 22.7. The van der Waals surface area contributed by atoms with Crippen LogP contribution in [0.25, 0.3) is 0 Å². The summed E-state index contributed by atoms with van der Waals surface area (Å²) >= 11 is 12.3. The molecule has 0 unspecified atom stereocenters. The van der Waals surface area contributed by atoms with Gasteiger partial charge in [0.15, 0.2) is 0 Å². The van der Waals surface area contributed by atoms with Gasteiger partial charge in [-0.15, -0.1) is 0 Å². The van der Waals surface area contributed by atoms with Gasteiger partial charge in [-0.05, 0) is 31.0 Å². The lowest BCUT2D eigenvalue weighted by molar-refractivity contribution is 0.216. The minimum absolute atomic E-state index is 0.305. The number of rotatable bonds is 1. The minimum atomic E-state index is 0.305. The second kappa shape index (κ2) is 5.51. The van der Waals surface area contributed by atoms with E-state index in [1.807, 2.05) is 18.2 Å². The van der Waals surface area contributed by atoms with Crippen LogP contribution in [-0.4, -0.2) is 25.2 Å². The SMILES string of the molecule is Clc1ccc(N2CCNC3(CCCCC3)C2)c(Cl)c1. The first kappa shape index (κ1) is 13.5. The molecular weight excluding hydrogens is 279 g/mol. The number of hydrogen-bond acceptors (Lipinski definition) is 2. The van der Waals surface area contributed by atoms with Crippen LogP contribution < -0.4 is 10.2 Å². The van der Waals surface area contributed by atoms with Crippen LogP contribution in [0.4, 0.5) is 5.69 Å². The van der Waals surface area contributed by atoms with E-state index < -0.39 is 0 Å². The number of benzene rings is 1. The Morgan fingerprint density at radius 2 is 1.89 bits per heavy atom. The van der Waals surface area contributed by atoms with E-state index in [2.05, 4.69) is 10.2 Å². The Labute approximate surface area is 125 Å². The summed E-state index contributed by atoms with van der Waals surface area (Å²) in [5.41, 5.74) is 1.43. The van der Waals surface area contributed by atoms with E-state index in [0.717, 1.165) is 30.3 Å². The van der Waals surface area contributed by atoms with Crippen LogP contribution in [0.1, 0.15) is 32.1 Å². The zero-order chi connectivity index (χ0) is 13.3. The maximum absolute atomic E-state index is 6.34. The first-order valence-electron chi connectivity index (χ1n) is 7.14. The molecule has 1 spiro atoms. The van der Waals surface area contributed by atoms with Crippen molar-refractivity contribution in [3.05, 3.63) is 28.2 Å². The van der Waals surface area contributed by atoms with E-state index >= 15 is 0 Å². The highest BCUT2D eigenvalue weighted by atomic mass is 35.5. The van der Waals surface area contributed by atoms with E-state index in [1.165, 1.54) is 32.1 Å². The van der Waals surface area contributed by atoms with Crippen molar-refractivity contribution in [1.82, 2.24) is 5.32 Å². The third kappa shape index (κ3) is 2.86. The Balaban J connectivity index is 1.81. The van der Waals surface area contributed by atoms with Gasteiger partial charge in [-0.1, -0.05) is 42.5 Å². The number of anilines is 1. The van der Waals surface area contributed by atoms with Crippen molar-refractivity contribution >= 4 is 28.9 Å². The third-order valence-electron chi connectivity index (χ3n) is 4.44. The van der Waals surface area contributed by atoms with Gasteiger partial charge in [0.2, 0.25) is 0 Å². The summed E-state index contributed by atoms with van der Waals surface area (Å²) in [6.07, 6.45) is 6.64. The molecule has 1 heterocycles. The molecule has 0 aromatic heterocycles. The topological polar surface area (TPSA) is 15.3 Å². The smallest absolute Gasteiger partial charge is 0.0654 e. The number of nitrogens with zero attached hydrogens (tertiary/aromatic N) is 1. The summed E-state index contributed by atoms with van der Waals surface area (Å²) in [7, 11) is 0. The first-order valence-corrected chi connectivity index (χ1v) is 7.89. The number of hydrogen-bond donors (Lipinski definition) is 1. The maximum Gasteiger partial charge on any atom is 0.0654 e. The molecule has 1 N–H and O–H groups in total. The first-order chi connectivity index (χ1) is 9.19. The molecule has 4 heteroatoms. The average Bonchev–Trinajstić information content (AvgIpc) is 2.39. The van der Waals surface area contributed by atoms with E-state index in [4.69, 9.17) is 23.2 Å². The van der Waals surface area contributed by atoms with Crippen molar-refractivity contribution in [2.75, 3.05) is 24.5 Å². The van der Waals surface area contributed by atoms with Gasteiger partial charge in [0.25, 0.3) is 0 Å². The number of piperazine rings is 1. The molecule has 2 nitrogen and oxygen atoms in total. The molecule has 19 heavy (non-hydrogen) atoms. The molecule has 0 atom stereocenters. The van der Waals surface area contributed by atoms with Gasteiger partial charge >= 0.3 is 0 Å². The molecule has 104 valence electrons. The Morgan fingerprint density at radius 1 is 1.11 bits per heavy atom. The van der Waals surface area contributed by atoms with E-state index in [9.17, 15) is 0 Å². The third-order valence-corrected chi connectivity index (χ3v) is 4.97. The largest absolute Gasteiger partial charge is 0.367 e. The van der Waals surface area contributed by atoms with Crippen molar-refractivity contribution in [1.29, 1.82) is 0 Å². The summed E-state index contributed by atoms with van der Waals surface area (Å²) in [4.78, 5) is 2.42. The highest BCUT2D eigenvalue weighted by Crippen LogP contribution is 2.35. The Hall–Kier alpha value is -0.440. The highest BCUT2D eigenvalue weighted by Gasteiger charge is 2.36. The summed E-state index contributed by atoms with van der Waals surface area (Å²) in [5.74, 6) is 0. The predicted molar refractivity (Wildman–Crippen MR) is 82.5 cm³/mol. The summed E-state index contributed by atoms with van der Waals surface area (Å²) in [6.45, 7) is 3.12. The van der Waals surface area contributed by atoms with Gasteiger partial charge in [-0.3, -0.25) is 0 Å². The van der Waals surface area contributed by atoms with Crippen molar-refractivity contribution in [2.24, 2.45) is 0 Å². The summed E-state index contributed by atoms with van der Waals surface area (Å²) in [5, 5.41) is 5.22. The molecule has 3 rings (SSSR count). The fourth-order valence-electron chi connectivity index (χ4n) is 3.46.